The minimum absolute atomic E-state index is 0.393. The van der Waals surface area contributed by atoms with Crippen molar-refractivity contribution in [3.63, 3.8) is 0 Å². The average molecular weight is 226 g/mol. The molecule has 1 fully saturated rings. The lowest BCUT2D eigenvalue weighted by Crippen LogP contribution is -2.49. The van der Waals surface area contributed by atoms with Crippen LogP contribution in [0, 0.1) is 0 Å². The van der Waals surface area contributed by atoms with Gasteiger partial charge < -0.3 is 5.32 Å². The van der Waals surface area contributed by atoms with Gasteiger partial charge in [0.2, 0.25) is 0 Å². The molecular formula is C14H30N2. The molecule has 2 heteroatoms. The second kappa shape index (κ2) is 6.61. The topological polar surface area (TPSA) is 15.3 Å². The number of rotatable bonds is 4. The van der Waals surface area contributed by atoms with E-state index in [1.54, 1.807) is 0 Å². The van der Waals surface area contributed by atoms with E-state index >= 15 is 0 Å². The lowest BCUT2D eigenvalue weighted by atomic mass is 9.94. The second-order valence-corrected chi connectivity index (χ2v) is 5.75. The SMILES string of the molecule is CCCC(C)(C)N1CCCNC(CC)CC1. The molecule has 1 aliphatic rings. The van der Waals surface area contributed by atoms with Gasteiger partial charge in [-0.05, 0) is 52.6 Å². The third-order valence-corrected chi connectivity index (χ3v) is 4.00. The van der Waals surface area contributed by atoms with Crippen molar-refractivity contribution in [3.05, 3.63) is 0 Å². The molecule has 1 unspecified atom stereocenters. The molecule has 0 aromatic rings. The molecule has 0 radical (unpaired) electrons. The minimum atomic E-state index is 0.393. The van der Waals surface area contributed by atoms with E-state index in [1.165, 1.54) is 51.7 Å². The lowest BCUT2D eigenvalue weighted by Gasteiger charge is -2.41. The molecule has 1 rings (SSSR count). The van der Waals surface area contributed by atoms with Gasteiger partial charge in [0.1, 0.15) is 0 Å². The van der Waals surface area contributed by atoms with Crippen LogP contribution >= 0.6 is 0 Å². The summed E-state index contributed by atoms with van der Waals surface area (Å²) in [6.07, 6.45) is 6.48. The summed E-state index contributed by atoms with van der Waals surface area (Å²) in [6, 6.07) is 0.736. The minimum Gasteiger partial charge on any atom is -0.314 e. The third-order valence-electron chi connectivity index (χ3n) is 4.00. The van der Waals surface area contributed by atoms with E-state index in [2.05, 4.69) is 37.9 Å². The Bertz CT molecular complexity index is 189. The first-order chi connectivity index (χ1) is 7.60. The Morgan fingerprint density at radius 2 is 2.00 bits per heavy atom. The molecule has 0 aliphatic carbocycles. The van der Waals surface area contributed by atoms with Crippen LogP contribution in [0.15, 0.2) is 0 Å². The van der Waals surface area contributed by atoms with Gasteiger partial charge in [-0.25, -0.2) is 0 Å². The maximum Gasteiger partial charge on any atom is 0.0153 e. The fourth-order valence-electron chi connectivity index (χ4n) is 2.83. The molecule has 0 amide bonds. The van der Waals surface area contributed by atoms with Crippen LogP contribution in [0.1, 0.15) is 59.8 Å². The summed E-state index contributed by atoms with van der Waals surface area (Å²) in [4.78, 5) is 2.71. The van der Waals surface area contributed by atoms with Crippen molar-refractivity contribution < 1.29 is 0 Å². The smallest absolute Gasteiger partial charge is 0.0153 e. The summed E-state index contributed by atoms with van der Waals surface area (Å²) in [5, 5.41) is 3.65. The quantitative estimate of drug-likeness (QED) is 0.792. The van der Waals surface area contributed by atoms with Gasteiger partial charge in [-0.1, -0.05) is 20.3 Å². The van der Waals surface area contributed by atoms with Crippen LogP contribution in [-0.2, 0) is 0 Å². The first-order valence-corrected chi connectivity index (χ1v) is 7.08. The van der Waals surface area contributed by atoms with Crippen LogP contribution in [0.3, 0.4) is 0 Å². The number of nitrogens with zero attached hydrogens (tertiary/aromatic N) is 1. The molecule has 0 aromatic carbocycles. The molecule has 1 N–H and O–H groups in total. The van der Waals surface area contributed by atoms with E-state index < -0.39 is 0 Å². The van der Waals surface area contributed by atoms with Gasteiger partial charge >= 0.3 is 0 Å². The van der Waals surface area contributed by atoms with Crippen molar-refractivity contribution in [2.45, 2.75) is 71.4 Å². The second-order valence-electron chi connectivity index (χ2n) is 5.75. The van der Waals surface area contributed by atoms with Crippen molar-refractivity contribution in [2.75, 3.05) is 19.6 Å². The monoisotopic (exact) mass is 226 g/mol. The molecule has 0 bridgehead atoms. The van der Waals surface area contributed by atoms with E-state index in [4.69, 9.17) is 0 Å². The molecule has 0 spiro atoms. The molecule has 2 nitrogen and oxygen atoms in total. The first-order valence-electron chi connectivity index (χ1n) is 7.08. The average Bonchev–Trinajstić information content (AvgIpc) is 2.17. The van der Waals surface area contributed by atoms with E-state index in [9.17, 15) is 0 Å². The van der Waals surface area contributed by atoms with Crippen molar-refractivity contribution in [2.24, 2.45) is 0 Å². The van der Waals surface area contributed by atoms with E-state index in [0.29, 0.717) is 5.54 Å². The van der Waals surface area contributed by atoms with Crippen LogP contribution in [0.2, 0.25) is 0 Å². The molecule has 1 atom stereocenters. The highest BCUT2D eigenvalue weighted by Crippen LogP contribution is 2.22. The van der Waals surface area contributed by atoms with E-state index in [1.807, 2.05) is 0 Å². The van der Waals surface area contributed by atoms with Crippen molar-refractivity contribution in [3.8, 4) is 0 Å². The maximum absolute atomic E-state index is 3.65. The summed E-state index contributed by atoms with van der Waals surface area (Å²) in [5.74, 6) is 0. The number of nitrogens with one attached hydrogen (secondary N) is 1. The Morgan fingerprint density at radius 3 is 2.62 bits per heavy atom. The predicted octanol–water partition coefficient (Wildman–Crippen LogP) is 3.03. The fourth-order valence-corrected chi connectivity index (χ4v) is 2.83. The van der Waals surface area contributed by atoms with Crippen molar-refractivity contribution >= 4 is 0 Å². The molecule has 0 aromatic heterocycles. The van der Waals surface area contributed by atoms with Crippen LogP contribution in [-0.4, -0.2) is 36.1 Å². The predicted molar refractivity (Wildman–Crippen MR) is 71.9 cm³/mol. The van der Waals surface area contributed by atoms with Gasteiger partial charge in [0, 0.05) is 18.1 Å². The Labute approximate surface area is 102 Å². The lowest BCUT2D eigenvalue weighted by molar-refractivity contribution is 0.0949. The summed E-state index contributed by atoms with van der Waals surface area (Å²) < 4.78 is 0. The molecule has 96 valence electrons. The van der Waals surface area contributed by atoms with Crippen molar-refractivity contribution in [1.29, 1.82) is 0 Å². The van der Waals surface area contributed by atoms with Crippen LogP contribution in [0.25, 0.3) is 0 Å². The third kappa shape index (κ3) is 4.06. The Kier molecular flexibility index (Phi) is 5.77. The standard InChI is InChI=1S/C14H30N2/c1-5-9-14(3,4)16-11-7-10-15-13(6-2)8-12-16/h13,15H,5-12H2,1-4H3. The number of hydrogen-bond donors (Lipinski definition) is 1. The zero-order valence-electron chi connectivity index (χ0n) is 11.7. The highest BCUT2D eigenvalue weighted by Gasteiger charge is 2.26. The molecule has 1 saturated heterocycles. The highest BCUT2D eigenvalue weighted by molar-refractivity contribution is 4.84. The summed E-state index contributed by atoms with van der Waals surface area (Å²) in [6.45, 7) is 13.1. The first kappa shape index (κ1) is 14.0. The summed E-state index contributed by atoms with van der Waals surface area (Å²) >= 11 is 0. The Hall–Kier alpha value is -0.0800. The van der Waals surface area contributed by atoms with Gasteiger partial charge in [0.15, 0.2) is 0 Å². The fraction of sp³-hybridized carbons (Fsp3) is 1.00. The molecular weight excluding hydrogens is 196 g/mol. The molecule has 1 aliphatic heterocycles. The Morgan fingerprint density at radius 1 is 1.25 bits per heavy atom. The largest absolute Gasteiger partial charge is 0.314 e. The van der Waals surface area contributed by atoms with E-state index in [-0.39, 0.29) is 0 Å². The zero-order chi connectivity index (χ0) is 12.0. The van der Waals surface area contributed by atoms with Crippen LogP contribution < -0.4 is 5.32 Å². The van der Waals surface area contributed by atoms with Crippen LogP contribution in [0.5, 0.6) is 0 Å². The molecule has 0 saturated carbocycles. The zero-order valence-corrected chi connectivity index (χ0v) is 11.7. The van der Waals surface area contributed by atoms with Crippen molar-refractivity contribution in [1.82, 2.24) is 10.2 Å². The molecule has 1 heterocycles. The van der Waals surface area contributed by atoms with Gasteiger partial charge in [-0.3, -0.25) is 4.90 Å². The molecule has 16 heavy (non-hydrogen) atoms. The van der Waals surface area contributed by atoms with Crippen LogP contribution in [0.4, 0.5) is 0 Å². The van der Waals surface area contributed by atoms with Gasteiger partial charge in [0.05, 0.1) is 0 Å². The normalized spacial score (nSPS) is 25.1. The van der Waals surface area contributed by atoms with Gasteiger partial charge in [0.25, 0.3) is 0 Å². The van der Waals surface area contributed by atoms with Gasteiger partial charge in [-0.2, -0.15) is 0 Å². The number of hydrogen-bond acceptors (Lipinski definition) is 2. The summed E-state index contributed by atoms with van der Waals surface area (Å²) in [5.41, 5.74) is 0.393. The maximum atomic E-state index is 3.65. The highest BCUT2D eigenvalue weighted by atomic mass is 15.2. The van der Waals surface area contributed by atoms with E-state index in [0.717, 1.165) is 6.04 Å². The summed E-state index contributed by atoms with van der Waals surface area (Å²) in [7, 11) is 0. The van der Waals surface area contributed by atoms with Gasteiger partial charge in [-0.15, -0.1) is 0 Å². The Balaban J connectivity index is 2.51.